The normalized spacial score (nSPS) is 14.6. The van der Waals surface area contributed by atoms with E-state index in [1.807, 2.05) is 0 Å². The molecule has 17 heavy (non-hydrogen) atoms. The number of benzene rings is 1. The zero-order chi connectivity index (χ0) is 12.7. The topological polar surface area (TPSA) is 12.0 Å². The van der Waals surface area contributed by atoms with E-state index in [9.17, 15) is 0 Å². The van der Waals surface area contributed by atoms with Crippen LogP contribution < -0.4 is 5.32 Å². The molecule has 0 aliphatic heterocycles. The summed E-state index contributed by atoms with van der Waals surface area (Å²) in [4.78, 5) is 0. The molecule has 1 heteroatoms. The van der Waals surface area contributed by atoms with Crippen molar-refractivity contribution in [2.75, 3.05) is 6.54 Å². The molecule has 0 heterocycles. The standard InChI is InChI=1S/C16H27N/c1-5-7-13(3)12-17-14(4)16-10-8-15(6-2)9-11-16/h8-11,13-14,17H,5-7,12H2,1-4H3. The van der Waals surface area contributed by atoms with Gasteiger partial charge in [0.05, 0.1) is 0 Å². The third-order valence-corrected chi connectivity index (χ3v) is 3.44. The van der Waals surface area contributed by atoms with Crippen LogP contribution in [-0.2, 0) is 6.42 Å². The Kier molecular flexibility index (Phi) is 6.28. The summed E-state index contributed by atoms with van der Waals surface area (Å²) in [6, 6.07) is 9.44. The van der Waals surface area contributed by atoms with Crippen molar-refractivity contribution >= 4 is 0 Å². The summed E-state index contributed by atoms with van der Waals surface area (Å²) in [5.41, 5.74) is 2.81. The summed E-state index contributed by atoms with van der Waals surface area (Å²) in [5, 5.41) is 3.62. The number of nitrogens with one attached hydrogen (secondary N) is 1. The molecule has 1 rings (SSSR count). The molecular formula is C16H27N. The van der Waals surface area contributed by atoms with E-state index < -0.39 is 0 Å². The lowest BCUT2D eigenvalue weighted by atomic mass is 10.0. The molecule has 1 N–H and O–H groups in total. The van der Waals surface area contributed by atoms with Crippen molar-refractivity contribution in [1.29, 1.82) is 0 Å². The highest BCUT2D eigenvalue weighted by Gasteiger charge is 2.06. The first-order valence-corrected chi connectivity index (χ1v) is 6.99. The molecule has 2 atom stereocenters. The SMILES string of the molecule is CCCC(C)CNC(C)c1ccc(CC)cc1. The summed E-state index contributed by atoms with van der Waals surface area (Å²) < 4.78 is 0. The maximum atomic E-state index is 3.62. The number of hydrogen-bond acceptors (Lipinski definition) is 1. The molecule has 96 valence electrons. The van der Waals surface area contributed by atoms with Gasteiger partial charge in [0.1, 0.15) is 0 Å². The Hall–Kier alpha value is -0.820. The van der Waals surface area contributed by atoms with Gasteiger partial charge in [0, 0.05) is 6.04 Å². The van der Waals surface area contributed by atoms with Gasteiger partial charge in [-0.1, -0.05) is 51.5 Å². The predicted octanol–water partition coefficient (Wildman–Crippen LogP) is 4.34. The molecule has 0 spiro atoms. The van der Waals surface area contributed by atoms with Crippen molar-refractivity contribution in [3.05, 3.63) is 35.4 Å². The third-order valence-electron chi connectivity index (χ3n) is 3.44. The molecule has 0 aromatic heterocycles. The maximum Gasteiger partial charge on any atom is 0.0291 e. The lowest BCUT2D eigenvalue weighted by Crippen LogP contribution is -2.24. The minimum Gasteiger partial charge on any atom is -0.310 e. The lowest BCUT2D eigenvalue weighted by molar-refractivity contribution is 0.444. The van der Waals surface area contributed by atoms with Gasteiger partial charge in [-0.15, -0.1) is 0 Å². The molecule has 1 nitrogen and oxygen atoms in total. The van der Waals surface area contributed by atoms with Crippen molar-refractivity contribution in [1.82, 2.24) is 5.32 Å². The second kappa shape index (κ2) is 7.50. The maximum absolute atomic E-state index is 3.62. The monoisotopic (exact) mass is 233 g/mol. The Morgan fingerprint density at radius 1 is 1.06 bits per heavy atom. The summed E-state index contributed by atoms with van der Waals surface area (Å²) in [6.45, 7) is 10.1. The van der Waals surface area contributed by atoms with E-state index in [1.54, 1.807) is 0 Å². The van der Waals surface area contributed by atoms with Gasteiger partial charge >= 0.3 is 0 Å². The second-order valence-corrected chi connectivity index (χ2v) is 5.12. The van der Waals surface area contributed by atoms with Crippen molar-refractivity contribution < 1.29 is 0 Å². The van der Waals surface area contributed by atoms with Gasteiger partial charge < -0.3 is 5.32 Å². The van der Waals surface area contributed by atoms with Crippen LogP contribution in [0.15, 0.2) is 24.3 Å². The lowest BCUT2D eigenvalue weighted by Gasteiger charge is -2.18. The fourth-order valence-electron chi connectivity index (χ4n) is 2.13. The quantitative estimate of drug-likeness (QED) is 0.739. The van der Waals surface area contributed by atoms with E-state index in [0.717, 1.165) is 18.9 Å². The van der Waals surface area contributed by atoms with Gasteiger partial charge in [0.2, 0.25) is 0 Å². The van der Waals surface area contributed by atoms with Gasteiger partial charge in [0.25, 0.3) is 0 Å². The Morgan fingerprint density at radius 3 is 2.24 bits per heavy atom. The van der Waals surface area contributed by atoms with Gasteiger partial charge in [-0.05, 0) is 43.4 Å². The molecule has 0 amide bonds. The zero-order valence-electron chi connectivity index (χ0n) is 11.8. The molecular weight excluding hydrogens is 206 g/mol. The van der Waals surface area contributed by atoms with Gasteiger partial charge in [-0.3, -0.25) is 0 Å². The molecule has 0 radical (unpaired) electrons. The van der Waals surface area contributed by atoms with Crippen LogP contribution >= 0.6 is 0 Å². The van der Waals surface area contributed by atoms with Crippen molar-refractivity contribution in [2.45, 2.75) is 53.0 Å². The van der Waals surface area contributed by atoms with Gasteiger partial charge in [0.15, 0.2) is 0 Å². The van der Waals surface area contributed by atoms with E-state index in [0.29, 0.717) is 6.04 Å². The average molecular weight is 233 g/mol. The molecule has 0 saturated heterocycles. The Bertz CT molecular complexity index is 302. The highest BCUT2D eigenvalue weighted by molar-refractivity contribution is 5.24. The molecule has 1 aromatic carbocycles. The highest BCUT2D eigenvalue weighted by Crippen LogP contribution is 2.14. The smallest absolute Gasteiger partial charge is 0.0291 e. The minimum atomic E-state index is 0.459. The molecule has 0 aliphatic carbocycles. The first-order valence-electron chi connectivity index (χ1n) is 6.99. The predicted molar refractivity (Wildman–Crippen MR) is 76.3 cm³/mol. The first-order chi connectivity index (χ1) is 8.17. The van der Waals surface area contributed by atoms with Crippen molar-refractivity contribution in [3.63, 3.8) is 0 Å². The van der Waals surface area contributed by atoms with E-state index in [2.05, 4.69) is 57.3 Å². The second-order valence-electron chi connectivity index (χ2n) is 5.12. The number of aryl methyl sites for hydroxylation is 1. The molecule has 0 bridgehead atoms. The van der Waals surface area contributed by atoms with Gasteiger partial charge in [-0.25, -0.2) is 0 Å². The molecule has 0 saturated carbocycles. The number of hydrogen-bond donors (Lipinski definition) is 1. The largest absolute Gasteiger partial charge is 0.310 e. The van der Waals surface area contributed by atoms with Crippen molar-refractivity contribution in [2.24, 2.45) is 5.92 Å². The summed E-state index contributed by atoms with van der Waals surface area (Å²) in [5.74, 6) is 0.775. The van der Waals surface area contributed by atoms with Crippen LogP contribution in [0, 0.1) is 5.92 Å². The van der Waals surface area contributed by atoms with Crippen LogP contribution in [0.4, 0.5) is 0 Å². The average Bonchev–Trinajstić information content (AvgIpc) is 2.36. The van der Waals surface area contributed by atoms with E-state index in [4.69, 9.17) is 0 Å². The van der Waals surface area contributed by atoms with Crippen LogP contribution in [0.2, 0.25) is 0 Å². The highest BCUT2D eigenvalue weighted by atomic mass is 14.9. The number of rotatable bonds is 7. The Balaban J connectivity index is 2.43. The molecule has 1 aromatic rings. The van der Waals surface area contributed by atoms with Crippen LogP contribution in [0.3, 0.4) is 0 Å². The Labute approximate surface area is 107 Å². The summed E-state index contributed by atoms with van der Waals surface area (Å²) in [6.07, 6.45) is 3.71. The summed E-state index contributed by atoms with van der Waals surface area (Å²) >= 11 is 0. The van der Waals surface area contributed by atoms with E-state index >= 15 is 0 Å². The van der Waals surface area contributed by atoms with Crippen LogP contribution in [0.1, 0.15) is 57.7 Å². The first kappa shape index (κ1) is 14.2. The third kappa shape index (κ3) is 4.91. The minimum absolute atomic E-state index is 0.459. The fourth-order valence-corrected chi connectivity index (χ4v) is 2.13. The fraction of sp³-hybridized carbons (Fsp3) is 0.625. The summed E-state index contributed by atoms with van der Waals surface area (Å²) in [7, 11) is 0. The van der Waals surface area contributed by atoms with Gasteiger partial charge in [-0.2, -0.15) is 0 Å². The Morgan fingerprint density at radius 2 is 1.71 bits per heavy atom. The van der Waals surface area contributed by atoms with Crippen molar-refractivity contribution in [3.8, 4) is 0 Å². The molecule has 0 aliphatic rings. The van der Waals surface area contributed by atoms with E-state index in [1.165, 1.54) is 24.0 Å². The van der Waals surface area contributed by atoms with Crippen LogP contribution in [0.5, 0.6) is 0 Å². The van der Waals surface area contributed by atoms with Crippen LogP contribution in [0.25, 0.3) is 0 Å². The van der Waals surface area contributed by atoms with E-state index in [-0.39, 0.29) is 0 Å². The van der Waals surface area contributed by atoms with Crippen LogP contribution in [-0.4, -0.2) is 6.54 Å². The zero-order valence-corrected chi connectivity index (χ0v) is 11.8. The molecule has 0 fully saturated rings. The molecule has 2 unspecified atom stereocenters.